The van der Waals surface area contributed by atoms with Crippen LogP contribution in [0.2, 0.25) is 0 Å². The predicted octanol–water partition coefficient (Wildman–Crippen LogP) is 3.52. The van der Waals surface area contributed by atoms with Crippen LogP contribution in [0.4, 0.5) is 0 Å². The molecule has 1 unspecified atom stereocenters. The number of fused-ring (bicyclic) bond motifs is 1. The maximum absolute atomic E-state index is 11.0. The van der Waals surface area contributed by atoms with Crippen molar-refractivity contribution in [2.45, 2.75) is 30.7 Å². The third-order valence-corrected chi connectivity index (χ3v) is 3.62. The summed E-state index contributed by atoms with van der Waals surface area (Å²) in [7, 11) is 0. The topological polar surface area (TPSA) is 26.3 Å². The van der Waals surface area contributed by atoms with Gasteiger partial charge in [-0.1, -0.05) is 40.2 Å². The monoisotopic (exact) mass is 268 g/mol. The van der Waals surface area contributed by atoms with Crippen LogP contribution in [0.5, 0.6) is 0 Å². The lowest BCUT2D eigenvalue weighted by molar-refractivity contribution is -0.147. The Kier molecular flexibility index (Phi) is 3.10. The normalized spacial score (nSPS) is 24.4. The molecule has 0 heterocycles. The number of halogens is 1. The van der Waals surface area contributed by atoms with E-state index in [0.29, 0.717) is 4.83 Å². The maximum Gasteiger partial charge on any atom is 0.303 e. The molecule has 0 spiro atoms. The largest absolute Gasteiger partial charge is 0.458 e. The van der Waals surface area contributed by atoms with Crippen molar-refractivity contribution in [3.63, 3.8) is 0 Å². The Hall–Kier alpha value is -0.830. The highest BCUT2D eigenvalue weighted by molar-refractivity contribution is 9.09. The maximum atomic E-state index is 11.0. The third-order valence-electron chi connectivity index (χ3n) is 2.67. The second-order valence-electron chi connectivity index (χ2n) is 3.77. The van der Waals surface area contributed by atoms with E-state index in [1.165, 1.54) is 12.5 Å². The highest BCUT2D eigenvalue weighted by Gasteiger charge is 2.26. The smallest absolute Gasteiger partial charge is 0.303 e. The highest BCUT2D eigenvalue weighted by atomic mass is 79.9. The summed E-state index contributed by atoms with van der Waals surface area (Å²) >= 11 is 3.64. The Labute approximate surface area is 97.8 Å². The predicted molar refractivity (Wildman–Crippen MR) is 61.9 cm³/mol. The number of esters is 1. The van der Waals surface area contributed by atoms with Crippen LogP contribution in [0, 0.1) is 0 Å². The molecule has 80 valence electrons. The lowest BCUT2D eigenvalue weighted by atomic mass is 9.89. The molecule has 1 aliphatic carbocycles. The zero-order chi connectivity index (χ0) is 10.8. The summed E-state index contributed by atoms with van der Waals surface area (Å²) in [6.07, 6.45) is 1.84. The summed E-state index contributed by atoms with van der Waals surface area (Å²) in [4.78, 5) is 11.4. The minimum Gasteiger partial charge on any atom is -0.458 e. The minimum atomic E-state index is -0.206. The van der Waals surface area contributed by atoms with E-state index < -0.39 is 0 Å². The van der Waals surface area contributed by atoms with Crippen molar-refractivity contribution in [2.24, 2.45) is 0 Å². The van der Waals surface area contributed by atoms with E-state index in [0.717, 1.165) is 18.4 Å². The van der Waals surface area contributed by atoms with E-state index in [1.54, 1.807) is 0 Å². The van der Waals surface area contributed by atoms with Crippen molar-refractivity contribution in [2.75, 3.05) is 0 Å². The van der Waals surface area contributed by atoms with Crippen LogP contribution in [0.25, 0.3) is 0 Å². The first-order valence-electron chi connectivity index (χ1n) is 5.08. The van der Waals surface area contributed by atoms with Crippen LogP contribution in [0.3, 0.4) is 0 Å². The molecule has 0 bridgehead atoms. The zero-order valence-corrected chi connectivity index (χ0v) is 10.2. The minimum absolute atomic E-state index is 0.0625. The van der Waals surface area contributed by atoms with Gasteiger partial charge in [-0.15, -0.1) is 0 Å². The summed E-state index contributed by atoms with van der Waals surface area (Å²) in [5, 5.41) is 0. The fraction of sp³-hybridized carbons (Fsp3) is 0.417. The van der Waals surface area contributed by atoms with Crippen molar-refractivity contribution in [1.29, 1.82) is 0 Å². The molecule has 1 aromatic rings. The van der Waals surface area contributed by atoms with Crippen LogP contribution in [-0.2, 0) is 9.53 Å². The Bertz CT molecular complexity index is 376. The van der Waals surface area contributed by atoms with Crippen LogP contribution in [-0.4, -0.2) is 5.97 Å². The molecule has 0 fully saturated rings. The Morgan fingerprint density at radius 3 is 2.67 bits per heavy atom. The molecular formula is C12H13BrO2. The van der Waals surface area contributed by atoms with Gasteiger partial charge < -0.3 is 4.74 Å². The third kappa shape index (κ3) is 2.23. The molecule has 0 saturated carbocycles. The first-order chi connectivity index (χ1) is 7.18. The van der Waals surface area contributed by atoms with Gasteiger partial charge >= 0.3 is 5.97 Å². The fourth-order valence-electron chi connectivity index (χ4n) is 2.02. The highest BCUT2D eigenvalue weighted by Crippen LogP contribution is 2.42. The molecule has 2 nitrogen and oxygen atoms in total. The first-order valence-corrected chi connectivity index (χ1v) is 6.00. The molecule has 1 aliphatic rings. The van der Waals surface area contributed by atoms with Crippen molar-refractivity contribution < 1.29 is 9.53 Å². The summed E-state index contributed by atoms with van der Waals surface area (Å²) in [5.41, 5.74) is 2.39. The zero-order valence-electron chi connectivity index (χ0n) is 8.57. The lowest BCUT2D eigenvalue weighted by Gasteiger charge is -2.28. The molecule has 2 rings (SSSR count). The van der Waals surface area contributed by atoms with Gasteiger partial charge in [0.15, 0.2) is 0 Å². The van der Waals surface area contributed by atoms with Crippen molar-refractivity contribution in [3.05, 3.63) is 35.4 Å². The molecule has 0 saturated heterocycles. The van der Waals surface area contributed by atoms with Crippen LogP contribution in [0.1, 0.15) is 41.8 Å². The van der Waals surface area contributed by atoms with Crippen LogP contribution in [0.15, 0.2) is 24.3 Å². The Balaban J connectivity index is 2.31. The van der Waals surface area contributed by atoms with E-state index in [9.17, 15) is 4.79 Å². The number of carbonyl (C=O) groups excluding carboxylic acids is 1. The van der Waals surface area contributed by atoms with Gasteiger partial charge in [-0.3, -0.25) is 4.79 Å². The van der Waals surface area contributed by atoms with Gasteiger partial charge in [-0.25, -0.2) is 0 Å². The molecule has 0 amide bonds. The Morgan fingerprint density at radius 2 is 2.00 bits per heavy atom. The van der Waals surface area contributed by atoms with Gasteiger partial charge in [-0.05, 0) is 24.0 Å². The first kappa shape index (κ1) is 10.7. The summed E-state index contributed by atoms with van der Waals surface area (Å²) < 4.78 is 5.31. The van der Waals surface area contributed by atoms with Crippen molar-refractivity contribution in [1.82, 2.24) is 0 Å². The summed E-state index contributed by atoms with van der Waals surface area (Å²) in [6.45, 7) is 1.46. The summed E-state index contributed by atoms with van der Waals surface area (Å²) in [6, 6.07) is 8.13. The number of hydrogen-bond acceptors (Lipinski definition) is 2. The molecule has 2 atom stereocenters. The molecule has 15 heavy (non-hydrogen) atoms. The number of ether oxygens (including phenoxy) is 1. The lowest BCUT2D eigenvalue weighted by Crippen LogP contribution is -2.16. The molecule has 1 aromatic carbocycles. The molecule has 0 radical (unpaired) electrons. The van der Waals surface area contributed by atoms with E-state index >= 15 is 0 Å². The average molecular weight is 269 g/mol. The molecule has 0 aromatic heterocycles. The second kappa shape index (κ2) is 4.35. The molecular weight excluding hydrogens is 256 g/mol. The molecule has 0 aliphatic heterocycles. The number of benzene rings is 1. The van der Waals surface area contributed by atoms with Gasteiger partial charge in [-0.2, -0.15) is 0 Å². The molecule has 3 heteroatoms. The Morgan fingerprint density at radius 1 is 1.33 bits per heavy atom. The van der Waals surface area contributed by atoms with E-state index in [1.807, 2.05) is 18.2 Å². The average Bonchev–Trinajstić information content (AvgIpc) is 2.22. The van der Waals surface area contributed by atoms with Crippen LogP contribution >= 0.6 is 15.9 Å². The van der Waals surface area contributed by atoms with Gasteiger partial charge in [0.1, 0.15) is 6.10 Å². The molecule has 0 N–H and O–H groups in total. The van der Waals surface area contributed by atoms with E-state index in [-0.39, 0.29) is 12.1 Å². The van der Waals surface area contributed by atoms with E-state index in [2.05, 4.69) is 22.0 Å². The van der Waals surface area contributed by atoms with Gasteiger partial charge in [0.25, 0.3) is 0 Å². The SMILES string of the molecule is CC(=O)O[C@H]1CCC(Br)c2ccccc21. The van der Waals surface area contributed by atoms with Gasteiger partial charge in [0, 0.05) is 11.8 Å². The second-order valence-corrected chi connectivity index (χ2v) is 4.88. The van der Waals surface area contributed by atoms with Gasteiger partial charge in [0.2, 0.25) is 0 Å². The number of rotatable bonds is 1. The fourth-order valence-corrected chi connectivity index (χ4v) is 2.70. The standard InChI is InChI=1S/C12H13BrO2/c1-8(14)15-12-7-6-11(13)9-4-2-3-5-10(9)12/h2-5,11-12H,6-7H2,1H3/t11?,12-/m0/s1. The van der Waals surface area contributed by atoms with Crippen LogP contribution < -0.4 is 0 Å². The summed E-state index contributed by atoms with van der Waals surface area (Å²) in [5.74, 6) is -0.206. The van der Waals surface area contributed by atoms with E-state index in [4.69, 9.17) is 4.74 Å². The number of alkyl halides is 1. The van der Waals surface area contributed by atoms with Crippen molar-refractivity contribution in [3.8, 4) is 0 Å². The van der Waals surface area contributed by atoms with Gasteiger partial charge in [0.05, 0.1) is 0 Å². The quantitative estimate of drug-likeness (QED) is 0.576. The van der Waals surface area contributed by atoms with Crippen molar-refractivity contribution >= 4 is 21.9 Å². The number of carbonyl (C=O) groups is 1. The number of hydrogen-bond donors (Lipinski definition) is 0.